The van der Waals surface area contributed by atoms with Gasteiger partial charge in [0.25, 0.3) is 5.91 Å². The summed E-state index contributed by atoms with van der Waals surface area (Å²) in [6.07, 6.45) is -0.126. The molecule has 1 aliphatic rings. The molecule has 0 bridgehead atoms. The fourth-order valence-corrected chi connectivity index (χ4v) is 5.81. The van der Waals surface area contributed by atoms with E-state index in [-0.39, 0.29) is 25.5 Å². The average Bonchev–Trinajstić information content (AvgIpc) is 3.45. The number of nitrogens with zero attached hydrogens (tertiary/aromatic N) is 4. The summed E-state index contributed by atoms with van der Waals surface area (Å²) in [5, 5.41) is 12.9. The molecule has 0 radical (unpaired) electrons. The number of aliphatic imine (C=N–C) groups is 1. The van der Waals surface area contributed by atoms with Crippen molar-refractivity contribution in [2.24, 2.45) is 10.1 Å². The number of nitrogens with one attached hydrogen (secondary N) is 2. The Morgan fingerprint density at radius 2 is 1.83 bits per heavy atom. The normalized spacial score (nSPS) is 17.0. The number of hydrogen-bond acceptors (Lipinski definition) is 7. The quantitative estimate of drug-likeness (QED) is 0.0449. The summed E-state index contributed by atoms with van der Waals surface area (Å²) < 4.78 is 13.2. The number of benzene rings is 4. The van der Waals surface area contributed by atoms with Gasteiger partial charge in [-0.3, -0.25) is 10.2 Å². The van der Waals surface area contributed by atoms with Crippen molar-refractivity contribution in [3.05, 3.63) is 145 Å². The van der Waals surface area contributed by atoms with Crippen LogP contribution in [0.25, 0.3) is 10.4 Å². The van der Waals surface area contributed by atoms with E-state index >= 15 is 0 Å². The van der Waals surface area contributed by atoms with Crippen LogP contribution in [-0.4, -0.2) is 35.7 Å². The highest BCUT2D eigenvalue weighted by Gasteiger charge is 2.54. The number of aliphatic hydroxyl groups is 1. The lowest BCUT2D eigenvalue weighted by molar-refractivity contribution is -0.130. The largest absolute Gasteiger partial charge is 0.494 e. The Kier molecular flexibility index (Phi) is 11.1. The van der Waals surface area contributed by atoms with E-state index < -0.39 is 11.6 Å². The molecule has 5 rings (SSSR count). The Morgan fingerprint density at radius 1 is 1.07 bits per heavy atom. The summed E-state index contributed by atoms with van der Waals surface area (Å²) in [7, 11) is 0. The van der Waals surface area contributed by atoms with Crippen molar-refractivity contribution in [1.82, 2.24) is 10.9 Å². The molecule has 1 amide bonds. The maximum absolute atomic E-state index is 14.5. The molecule has 11 heteroatoms. The molecule has 0 saturated carbocycles. The fraction of sp³-hybridized carbons (Fsp3) is 0.257. The van der Waals surface area contributed by atoms with Crippen LogP contribution in [0.15, 0.2) is 112 Å². The van der Waals surface area contributed by atoms with E-state index in [4.69, 9.17) is 25.1 Å². The third-order valence-corrected chi connectivity index (χ3v) is 8.44. The van der Waals surface area contributed by atoms with Crippen LogP contribution < -0.4 is 15.6 Å². The van der Waals surface area contributed by atoms with Crippen molar-refractivity contribution >= 4 is 27.7 Å². The zero-order valence-electron chi connectivity index (χ0n) is 25.4. The fourth-order valence-electron chi connectivity index (χ4n) is 5.39. The highest BCUT2D eigenvalue weighted by molar-refractivity contribution is 9.10. The predicted octanol–water partition coefficient (Wildman–Crippen LogP) is 6.65. The van der Waals surface area contributed by atoms with Gasteiger partial charge in [-0.15, -0.1) is 0 Å². The van der Waals surface area contributed by atoms with Crippen LogP contribution in [0.4, 0.5) is 0 Å². The molecular formula is C35H35BrN6O4. The van der Waals surface area contributed by atoms with Crippen LogP contribution in [-0.2, 0) is 29.0 Å². The molecule has 0 unspecified atom stereocenters. The second-order valence-electron chi connectivity index (χ2n) is 10.9. The van der Waals surface area contributed by atoms with Crippen molar-refractivity contribution in [2.45, 2.75) is 44.5 Å². The number of hydrazine groups is 1. The number of aliphatic hydroxyl groups excluding tert-OH is 1. The number of azide groups is 1. The van der Waals surface area contributed by atoms with Gasteiger partial charge in [0.2, 0.25) is 5.90 Å². The second kappa shape index (κ2) is 15.6. The van der Waals surface area contributed by atoms with Crippen molar-refractivity contribution < 1.29 is 19.4 Å². The lowest BCUT2D eigenvalue weighted by Gasteiger charge is -2.32. The Balaban J connectivity index is 1.57. The van der Waals surface area contributed by atoms with Crippen LogP contribution in [0.5, 0.6) is 5.75 Å². The third-order valence-electron chi connectivity index (χ3n) is 7.67. The summed E-state index contributed by atoms with van der Waals surface area (Å²) >= 11 is 3.66. The van der Waals surface area contributed by atoms with Gasteiger partial charge >= 0.3 is 0 Å². The van der Waals surface area contributed by atoms with E-state index in [0.717, 1.165) is 26.7 Å². The third kappa shape index (κ3) is 7.75. The molecule has 4 aromatic rings. The molecule has 10 nitrogen and oxygen atoms in total. The SMILES string of the molecule is Cc1cccc(CNNC(=O)[C@@]2(Cc3ccccc3Br)N=C(c3ccc(OCCCO)cc3)O[C@H]2c2ccccc2CN=[N+]=[N-])c1. The standard InChI is InChI=1S/C35H35BrN6O4/c1-24-8-6-9-25(20-24)22-38-41-34(44)35(21-27-10-3-5-13-31(27)36)32(30-12-4-2-11-28(30)23-39-42-37)46-33(40-35)26-14-16-29(17-15-26)45-19-7-18-43/h2-6,8-17,20,32,38,43H,7,18-19,21-23H2,1H3,(H,41,44)/t32-,35-/m0/s1. The van der Waals surface area contributed by atoms with Crippen LogP contribution in [0.1, 0.15) is 45.9 Å². The maximum Gasteiger partial charge on any atom is 0.266 e. The molecule has 0 aliphatic carbocycles. The lowest BCUT2D eigenvalue weighted by atomic mass is 9.80. The van der Waals surface area contributed by atoms with E-state index in [1.807, 2.05) is 85.8 Å². The number of carbonyl (C=O) groups is 1. The molecule has 0 spiro atoms. The molecule has 46 heavy (non-hydrogen) atoms. The topological polar surface area (TPSA) is 141 Å². The van der Waals surface area contributed by atoms with Crippen LogP contribution in [0.2, 0.25) is 0 Å². The van der Waals surface area contributed by atoms with E-state index in [2.05, 4.69) is 42.9 Å². The molecule has 3 N–H and O–H groups in total. The van der Waals surface area contributed by atoms with Crippen LogP contribution in [0.3, 0.4) is 0 Å². The number of carbonyl (C=O) groups excluding carboxylic acids is 1. The molecule has 0 fully saturated rings. The van der Waals surface area contributed by atoms with Crippen molar-refractivity contribution in [3.8, 4) is 5.75 Å². The lowest BCUT2D eigenvalue weighted by Crippen LogP contribution is -2.53. The number of halogens is 1. The van der Waals surface area contributed by atoms with E-state index in [9.17, 15) is 4.79 Å². The van der Waals surface area contributed by atoms with E-state index in [1.54, 1.807) is 12.1 Å². The monoisotopic (exact) mass is 682 g/mol. The Morgan fingerprint density at radius 3 is 2.57 bits per heavy atom. The van der Waals surface area contributed by atoms with Gasteiger partial charge in [0.15, 0.2) is 11.6 Å². The summed E-state index contributed by atoms with van der Waals surface area (Å²) in [4.78, 5) is 22.6. The van der Waals surface area contributed by atoms with Gasteiger partial charge in [-0.25, -0.2) is 10.4 Å². The van der Waals surface area contributed by atoms with Gasteiger partial charge < -0.3 is 14.6 Å². The first-order valence-electron chi connectivity index (χ1n) is 14.9. The molecule has 0 aromatic heterocycles. The summed E-state index contributed by atoms with van der Waals surface area (Å²) in [5.74, 6) is 0.564. The Hall–Kier alpha value is -4.67. The van der Waals surface area contributed by atoms with Crippen molar-refractivity contribution in [3.63, 3.8) is 0 Å². The molecule has 1 aliphatic heterocycles. The highest BCUT2D eigenvalue weighted by Crippen LogP contribution is 2.44. The minimum Gasteiger partial charge on any atom is -0.494 e. The predicted molar refractivity (Wildman–Crippen MR) is 180 cm³/mol. The first-order chi connectivity index (χ1) is 22.4. The minimum absolute atomic E-state index is 0.0484. The first kappa shape index (κ1) is 32.7. The van der Waals surface area contributed by atoms with E-state index in [1.165, 1.54) is 0 Å². The number of ether oxygens (including phenoxy) is 2. The van der Waals surface area contributed by atoms with Gasteiger partial charge in [-0.2, -0.15) is 0 Å². The van der Waals surface area contributed by atoms with Gasteiger partial charge in [0.05, 0.1) is 13.2 Å². The van der Waals surface area contributed by atoms with Gasteiger partial charge in [0.1, 0.15) is 5.75 Å². The molecule has 4 aromatic carbocycles. The Bertz CT molecular complexity index is 1740. The number of amides is 1. The zero-order valence-corrected chi connectivity index (χ0v) is 27.0. The number of rotatable bonds is 14. The second-order valence-corrected chi connectivity index (χ2v) is 11.8. The van der Waals surface area contributed by atoms with Crippen LogP contribution in [0, 0.1) is 6.92 Å². The molecule has 2 atom stereocenters. The van der Waals surface area contributed by atoms with Crippen molar-refractivity contribution in [1.29, 1.82) is 0 Å². The Labute approximate surface area is 276 Å². The van der Waals surface area contributed by atoms with Crippen molar-refractivity contribution in [2.75, 3.05) is 13.2 Å². The smallest absolute Gasteiger partial charge is 0.266 e. The van der Waals surface area contributed by atoms with E-state index in [0.29, 0.717) is 42.3 Å². The van der Waals surface area contributed by atoms with Gasteiger partial charge in [0, 0.05) is 40.9 Å². The summed E-state index contributed by atoms with van der Waals surface area (Å²) in [5.41, 5.74) is 18.8. The average molecular weight is 684 g/mol. The molecule has 0 saturated heterocycles. The molecule has 236 valence electrons. The highest BCUT2D eigenvalue weighted by atomic mass is 79.9. The summed E-state index contributed by atoms with van der Waals surface area (Å²) in [6, 6.07) is 30.5. The van der Waals surface area contributed by atoms with Gasteiger partial charge in [-0.1, -0.05) is 93.3 Å². The number of hydrogen-bond donors (Lipinski definition) is 3. The zero-order chi connectivity index (χ0) is 32.4. The minimum atomic E-state index is -1.46. The maximum atomic E-state index is 14.5. The molecule has 1 heterocycles. The number of aryl methyl sites for hydroxylation is 1. The van der Waals surface area contributed by atoms with Gasteiger partial charge in [-0.05, 0) is 65.0 Å². The van der Waals surface area contributed by atoms with Crippen LogP contribution >= 0.6 is 15.9 Å². The molecular weight excluding hydrogens is 648 g/mol. The summed E-state index contributed by atoms with van der Waals surface area (Å²) in [6.45, 7) is 2.95. The first-order valence-corrected chi connectivity index (χ1v) is 15.7.